The summed E-state index contributed by atoms with van der Waals surface area (Å²) in [5, 5.41) is 7.67. The quantitative estimate of drug-likeness (QED) is 0.289. The molecule has 7 rings (SSSR count). The number of rotatable bonds is 1. The zero-order valence-electron chi connectivity index (χ0n) is 17.6. The van der Waals surface area contributed by atoms with Gasteiger partial charge in [0.15, 0.2) is 7.14 Å². The number of aryl methyl sites for hydroxylation is 1. The molecule has 0 fully saturated rings. The molecule has 0 radical (unpaired) electrons. The fourth-order valence-electron chi connectivity index (χ4n) is 5.51. The molecule has 2 nitrogen and oxygen atoms in total. The standard InChI is InChI=1S/C29H20NOP/c1-30-25-16-15-19-9-5-6-12-21(19)29(25)24-18-28-23(17-26(24)30)22-13-7-8-14-27(22)32(28,31)20-10-3-2-4-11-20/h2-18H,1H3. The van der Waals surface area contributed by atoms with Crippen LogP contribution in [-0.4, -0.2) is 4.57 Å². The minimum atomic E-state index is -2.95. The van der Waals surface area contributed by atoms with Gasteiger partial charge in [-0.3, -0.25) is 0 Å². The first kappa shape index (κ1) is 18.0. The van der Waals surface area contributed by atoms with Crippen LogP contribution in [0.5, 0.6) is 0 Å². The maximum absolute atomic E-state index is 14.9. The number of hydrogen-bond acceptors (Lipinski definition) is 1. The molecule has 5 aromatic carbocycles. The van der Waals surface area contributed by atoms with Gasteiger partial charge < -0.3 is 9.13 Å². The second kappa shape index (κ2) is 6.22. The van der Waals surface area contributed by atoms with Crippen molar-refractivity contribution >= 4 is 55.6 Å². The summed E-state index contributed by atoms with van der Waals surface area (Å²) in [7, 11) is -0.817. The molecule has 1 atom stereocenters. The minimum absolute atomic E-state index is 0.899. The van der Waals surface area contributed by atoms with Gasteiger partial charge in [-0.25, -0.2) is 0 Å². The van der Waals surface area contributed by atoms with E-state index in [1.165, 1.54) is 32.6 Å². The van der Waals surface area contributed by atoms with Crippen LogP contribution in [0.2, 0.25) is 0 Å². The Hall–Kier alpha value is -3.61. The van der Waals surface area contributed by atoms with Crippen LogP contribution in [-0.2, 0) is 11.6 Å². The molecule has 0 amide bonds. The zero-order valence-corrected chi connectivity index (χ0v) is 18.5. The van der Waals surface area contributed by atoms with E-state index >= 15 is 0 Å². The highest BCUT2D eigenvalue weighted by atomic mass is 31.2. The Morgan fingerprint density at radius 1 is 0.625 bits per heavy atom. The molecule has 0 saturated heterocycles. The lowest BCUT2D eigenvalue weighted by atomic mass is 10.0. The van der Waals surface area contributed by atoms with Crippen molar-refractivity contribution < 1.29 is 4.57 Å². The van der Waals surface area contributed by atoms with Crippen LogP contribution < -0.4 is 15.9 Å². The Bertz CT molecular complexity index is 1760. The second-order valence-corrected chi connectivity index (χ2v) is 11.3. The van der Waals surface area contributed by atoms with E-state index in [-0.39, 0.29) is 0 Å². The predicted octanol–water partition coefficient (Wildman–Crippen LogP) is 6.10. The summed E-state index contributed by atoms with van der Waals surface area (Å²) in [6.07, 6.45) is 0. The number of benzene rings is 5. The van der Waals surface area contributed by atoms with Crippen molar-refractivity contribution in [2.45, 2.75) is 0 Å². The van der Waals surface area contributed by atoms with E-state index in [0.717, 1.165) is 27.0 Å². The van der Waals surface area contributed by atoms with Gasteiger partial charge in [0.05, 0.1) is 0 Å². The third-order valence-electron chi connectivity index (χ3n) is 7.01. The van der Waals surface area contributed by atoms with Gasteiger partial charge in [-0.15, -0.1) is 0 Å². The lowest BCUT2D eigenvalue weighted by Gasteiger charge is -2.15. The van der Waals surface area contributed by atoms with Crippen LogP contribution in [0.3, 0.4) is 0 Å². The van der Waals surface area contributed by atoms with Crippen molar-refractivity contribution in [3.05, 3.63) is 103 Å². The average Bonchev–Trinajstić information content (AvgIpc) is 3.28. The van der Waals surface area contributed by atoms with Crippen molar-refractivity contribution in [2.24, 2.45) is 7.05 Å². The van der Waals surface area contributed by atoms with Gasteiger partial charge in [0.1, 0.15) is 0 Å². The highest BCUT2D eigenvalue weighted by molar-refractivity contribution is 7.86. The predicted molar refractivity (Wildman–Crippen MR) is 136 cm³/mol. The summed E-state index contributed by atoms with van der Waals surface area (Å²) < 4.78 is 17.2. The number of fused-ring (bicyclic) bond motifs is 8. The molecule has 1 aliphatic heterocycles. The first-order chi connectivity index (χ1) is 15.7. The van der Waals surface area contributed by atoms with E-state index < -0.39 is 7.14 Å². The number of hydrogen-bond donors (Lipinski definition) is 0. The largest absolute Gasteiger partial charge is 0.344 e. The van der Waals surface area contributed by atoms with E-state index in [1.54, 1.807) is 0 Å². The summed E-state index contributed by atoms with van der Waals surface area (Å²) in [5.74, 6) is 0. The minimum Gasteiger partial charge on any atom is -0.344 e. The van der Waals surface area contributed by atoms with Crippen LogP contribution in [0, 0.1) is 0 Å². The molecule has 2 heterocycles. The van der Waals surface area contributed by atoms with Gasteiger partial charge in [0.2, 0.25) is 0 Å². The maximum Gasteiger partial charge on any atom is 0.172 e. The molecule has 6 aromatic rings. The van der Waals surface area contributed by atoms with Crippen molar-refractivity contribution in [3.63, 3.8) is 0 Å². The van der Waals surface area contributed by atoms with E-state index in [0.29, 0.717) is 0 Å². The van der Waals surface area contributed by atoms with E-state index in [2.05, 4.69) is 66.2 Å². The Morgan fingerprint density at radius 3 is 2.25 bits per heavy atom. The third-order valence-corrected chi connectivity index (χ3v) is 10.1. The Morgan fingerprint density at radius 2 is 1.38 bits per heavy atom. The Labute approximate surface area is 186 Å². The SMILES string of the molecule is Cn1c2cc3c(cc2c2c4ccccc4ccc21)P(=O)(c1ccccc1)c1ccccc1-3. The van der Waals surface area contributed by atoms with Gasteiger partial charge in [-0.1, -0.05) is 84.9 Å². The first-order valence-corrected chi connectivity index (χ1v) is 12.6. The molecule has 152 valence electrons. The molecule has 0 spiro atoms. The van der Waals surface area contributed by atoms with Gasteiger partial charge in [-0.2, -0.15) is 0 Å². The molecule has 1 aromatic heterocycles. The summed E-state index contributed by atoms with van der Waals surface area (Å²) >= 11 is 0. The molecule has 0 aliphatic carbocycles. The highest BCUT2D eigenvalue weighted by Gasteiger charge is 2.40. The molecule has 1 aliphatic rings. The fraction of sp³-hybridized carbons (Fsp3) is 0.0345. The Balaban J connectivity index is 1.68. The van der Waals surface area contributed by atoms with Crippen LogP contribution in [0.25, 0.3) is 43.7 Å². The average molecular weight is 429 g/mol. The monoisotopic (exact) mass is 429 g/mol. The van der Waals surface area contributed by atoms with E-state index in [1.807, 2.05) is 48.5 Å². The van der Waals surface area contributed by atoms with Gasteiger partial charge >= 0.3 is 0 Å². The topological polar surface area (TPSA) is 22.0 Å². The normalized spacial score (nSPS) is 17.2. The van der Waals surface area contributed by atoms with Crippen LogP contribution in [0.1, 0.15) is 0 Å². The molecule has 32 heavy (non-hydrogen) atoms. The summed E-state index contributed by atoms with van der Waals surface area (Å²) in [6.45, 7) is 0. The summed E-state index contributed by atoms with van der Waals surface area (Å²) in [4.78, 5) is 0. The van der Waals surface area contributed by atoms with Crippen molar-refractivity contribution in [3.8, 4) is 11.1 Å². The molecular formula is C29H20NOP. The van der Waals surface area contributed by atoms with Gasteiger partial charge in [0.25, 0.3) is 0 Å². The second-order valence-electron chi connectivity index (χ2n) is 8.59. The van der Waals surface area contributed by atoms with Crippen LogP contribution in [0.15, 0.2) is 103 Å². The maximum atomic E-state index is 14.9. The molecule has 1 unspecified atom stereocenters. The fourth-order valence-corrected chi connectivity index (χ4v) is 8.58. The van der Waals surface area contributed by atoms with Crippen LogP contribution >= 0.6 is 7.14 Å². The summed E-state index contributed by atoms with van der Waals surface area (Å²) in [5.41, 5.74) is 4.55. The lowest BCUT2D eigenvalue weighted by Crippen LogP contribution is -2.20. The summed E-state index contributed by atoms with van der Waals surface area (Å²) in [6, 6.07) is 35.6. The Kier molecular flexibility index (Phi) is 3.50. The smallest absolute Gasteiger partial charge is 0.172 e. The van der Waals surface area contributed by atoms with Crippen molar-refractivity contribution in [2.75, 3.05) is 0 Å². The molecular weight excluding hydrogens is 409 g/mol. The van der Waals surface area contributed by atoms with Crippen molar-refractivity contribution in [1.82, 2.24) is 4.57 Å². The van der Waals surface area contributed by atoms with E-state index in [4.69, 9.17) is 0 Å². The highest BCUT2D eigenvalue weighted by Crippen LogP contribution is 2.53. The van der Waals surface area contributed by atoms with E-state index in [9.17, 15) is 4.57 Å². The number of aromatic nitrogens is 1. The molecule has 3 heteroatoms. The van der Waals surface area contributed by atoms with Crippen LogP contribution in [0.4, 0.5) is 0 Å². The molecule has 0 bridgehead atoms. The first-order valence-electron chi connectivity index (χ1n) is 10.9. The van der Waals surface area contributed by atoms with Gasteiger partial charge in [-0.05, 0) is 40.1 Å². The lowest BCUT2D eigenvalue weighted by molar-refractivity contribution is 0.593. The molecule has 0 saturated carbocycles. The zero-order chi connectivity index (χ0) is 21.4. The van der Waals surface area contributed by atoms with Gasteiger partial charge in [0, 0.05) is 44.8 Å². The number of nitrogens with zero attached hydrogens (tertiary/aromatic N) is 1. The van der Waals surface area contributed by atoms with Crippen molar-refractivity contribution in [1.29, 1.82) is 0 Å². The molecule has 0 N–H and O–H groups in total. The third kappa shape index (κ3) is 2.13.